The van der Waals surface area contributed by atoms with Gasteiger partial charge in [0.25, 0.3) is 5.79 Å². The van der Waals surface area contributed by atoms with E-state index in [0.717, 1.165) is 13.8 Å². The lowest BCUT2D eigenvalue weighted by Crippen LogP contribution is -2.69. The first-order valence-electron chi connectivity index (χ1n) is 14.2. The number of rotatable bonds is 12. The van der Waals surface area contributed by atoms with Gasteiger partial charge in [-0.2, -0.15) is 0 Å². The second-order valence-electron chi connectivity index (χ2n) is 11.3. The average molecular weight is 675 g/mol. The van der Waals surface area contributed by atoms with Crippen molar-refractivity contribution in [2.45, 2.75) is 118 Å². The molecule has 3 saturated heterocycles. The minimum Gasteiger partial charge on any atom is -0.477 e. The topological polar surface area (TPSA) is 344 Å². The normalized spacial score (nSPS) is 42.9. The summed E-state index contributed by atoms with van der Waals surface area (Å²) in [5.74, 6) is -6.12. The highest BCUT2D eigenvalue weighted by molar-refractivity contribution is 5.76. The maximum atomic E-state index is 12.4. The number of hydrogen-bond donors (Lipinski definition) is 13. The van der Waals surface area contributed by atoms with Crippen molar-refractivity contribution in [2.75, 3.05) is 19.8 Å². The predicted molar refractivity (Wildman–Crippen MR) is 142 cm³/mol. The van der Waals surface area contributed by atoms with Crippen molar-refractivity contribution in [3.05, 3.63) is 0 Å². The Morgan fingerprint density at radius 1 is 0.870 bits per heavy atom. The van der Waals surface area contributed by atoms with E-state index in [9.17, 15) is 70.6 Å². The van der Waals surface area contributed by atoms with Crippen LogP contribution < -0.4 is 10.6 Å². The van der Waals surface area contributed by atoms with Crippen molar-refractivity contribution >= 4 is 17.8 Å². The Balaban J connectivity index is 1.83. The Kier molecular flexibility index (Phi) is 13.1. The molecule has 3 heterocycles. The van der Waals surface area contributed by atoms with E-state index in [0.29, 0.717) is 0 Å². The molecule has 46 heavy (non-hydrogen) atoms. The van der Waals surface area contributed by atoms with Crippen molar-refractivity contribution in [3.8, 4) is 0 Å². The lowest BCUT2D eigenvalue weighted by atomic mass is 9.88. The summed E-state index contributed by atoms with van der Waals surface area (Å²) in [5.41, 5.74) is 0. The summed E-state index contributed by atoms with van der Waals surface area (Å²) >= 11 is 0. The molecule has 3 aliphatic heterocycles. The maximum absolute atomic E-state index is 12.4. The van der Waals surface area contributed by atoms with Crippen LogP contribution in [0.15, 0.2) is 0 Å². The summed E-state index contributed by atoms with van der Waals surface area (Å²) in [6, 6.07) is -2.96. The molecule has 0 radical (unpaired) electrons. The van der Waals surface area contributed by atoms with Crippen molar-refractivity contribution in [1.29, 1.82) is 0 Å². The van der Waals surface area contributed by atoms with E-state index in [1.165, 1.54) is 0 Å². The van der Waals surface area contributed by atoms with Gasteiger partial charge < -0.3 is 90.5 Å². The number of amides is 2. The van der Waals surface area contributed by atoms with Gasteiger partial charge in [-0.05, 0) is 0 Å². The third kappa shape index (κ3) is 8.26. The van der Waals surface area contributed by atoms with E-state index in [1.54, 1.807) is 0 Å². The molecule has 3 aliphatic rings. The molecule has 3 rings (SSSR count). The average Bonchev–Trinajstić information content (AvgIpc) is 2.99. The zero-order valence-corrected chi connectivity index (χ0v) is 24.7. The van der Waals surface area contributed by atoms with Crippen LogP contribution in [-0.2, 0) is 38.1 Å². The molecular weight excluding hydrogens is 632 g/mol. The lowest BCUT2D eigenvalue weighted by molar-refractivity contribution is -0.358. The van der Waals surface area contributed by atoms with Gasteiger partial charge in [-0.3, -0.25) is 9.59 Å². The van der Waals surface area contributed by atoms with Gasteiger partial charge in [-0.25, -0.2) is 4.79 Å². The standard InChI is InChI=1S/C25H42N2O19/c1-7(30)26-13-9(32)3-25(24(40)41,46-21(13)15(34)10(33)4-28)42-6-12-16(35)18(37)19(38)23(44-12)45-20-11(5-29)43-22(39)14(17(20)36)27-8(2)31/h9-23,28-29,32-39H,3-6H2,1-2H3,(H,26,30)(H,27,31)(H,40,41)/t9-,10+,11+,12+,13+,14+,15+,16-,17+,18-,19+,20+,21+,22?,23-,25-/m0/s1. The van der Waals surface area contributed by atoms with Crippen LogP contribution in [0.4, 0.5) is 0 Å². The second kappa shape index (κ2) is 15.8. The molecule has 1 unspecified atom stereocenters. The van der Waals surface area contributed by atoms with E-state index >= 15 is 0 Å². The molecule has 0 spiro atoms. The van der Waals surface area contributed by atoms with Gasteiger partial charge in [0, 0.05) is 20.3 Å². The third-order valence-electron chi connectivity index (χ3n) is 7.87. The van der Waals surface area contributed by atoms with E-state index in [4.69, 9.17) is 23.7 Å². The fraction of sp³-hybridized carbons (Fsp3) is 0.880. The van der Waals surface area contributed by atoms with Crippen molar-refractivity contribution < 1.29 is 94.2 Å². The Hall–Kier alpha value is -2.19. The summed E-state index contributed by atoms with van der Waals surface area (Å²) in [6.07, 6.45) is -24.9. The molecule has 266 valence electrons. The molecule has 0 aromatic heterocycles. The molecule has 0 aromatic rings. The molecular formula is C25H42N2O19. The minimum atomic E-state index is -2.84. The summed E-state index contributed by atoms with van der Waals surface area (Å²) < 4.78 is 27.2. The zero-order chi connectivity index (χ0) is 34.7. The number of ether oxygens (including phenoxy) is 5. The Morgan fingerprint density at radius 2 is 1.48 bits per heavy atom. The van der Waals surface area contributed by atoms with Gasteiger partial charge in [-0.15, -0.1) is 0 Å². The van der Waals surface area contributed by atoms with Crippen molar-refractivity contribution in [3.63, 3.8) is 0 Å². The number of nitrogens with one attached hydrogen (secondary N) is 2. The Labute approximate surface area is 260 Å². The summed E-state index contributed by atoms with van der Waals surface area (Å²) in [6.45, 7) is -0.695. The van der Waals surface area contributed by atoms with Crippen LogP contribution in [0.1, 0.15) is 20.3 Å². The third-order valence-corrected chi connectivity index (χ3v) is 7.87. The highest BCUT2D eigenvalue weighted by atomic mass is 16.8. The number of carboxylic acids is 1. The molecule has 16 atom stereocenters. The zero-order valence-electron chi connectivity index (χ0n) is 24.7. The summed E-state index contributed by atoms with van der Waals surface area (Å²) in [5, 5.41) is 117. The van der Waals surface area contributed by atoms with Gasteiger partial charge in [-0.1, -0.05) is 0 Å². The fourth-order valence-electron chi connectivity index (χ4n) is 5.46. The largest absolute Gasteiger partial charge is 0.477 e. The van der Waals surface area contributed by atoms with E-state index in [-0.39, 0.29) is 0 Å². The number of carbonyl (C=O) groups is 3. The lowest BCUT2D eigenvalue weighted by Gasteiger charge is -2.48. The molecule has 3 fully saturated rings. The monoisotopic (exact) mass is 674 g/mol. The predicted octanol–water partition coefficient (Wildman–Crippen LogP) is -8.08. The summed E-state index contributed by atoms with van der Waals surface area (Å²) in [7, 11) is 0. The first-order valence-corrected chi connectivity index (χ1v) is 14.2. The Morgan fingerprint density at radius 3 is 2.02 bits per heavy atom. The maximum Gasteiger partial charge on any atom is 0.364 e. The van der Waals surface area contributed by atoms with E-state index in [1.807, 2.05) is 0 Å². The van der Waals surface area contributed by atoms with Crippen LogP contribution in [-0.4, -0.2) is 191 Å². The van der Waals surface area contributed by atoms with Crippen LogP contribution >= 0.6 is 0 Å². The first kappa shape index (κ1) is 38.3. The van der Waals surface area contributed by atoms with Crippen molar-refractivity contribution in [2.24, 2.45) is 0 Å². The van der Waals surface area contributed by atoms with Crippen molar-refractivity contribution in [1.82, 2.24) is 10.6 Å². The van der Waals surface area contributed by atoms with Gasteiger partial charge in [0.15, 0.2) is 12.6 Å². The SMILES string of the molecule is CC(=O)N[C@H]1[C@H]([C@H](O)[C@H](O)CO)O[C@](OC[C@H]2O[C@@H](O[C@H]3[C@H](O)[C@@H](NC(C)=O)C(O)O[C@@H]3CO)[C@H](O)[C@@H](O)[C@H]2O)(C(=O)O)C[C@@H]1O. The molecule has 13 N–H and O–H groups in total. The van der Waals surface area contributed by atoms with Crippen LogP contribution in [0.3, 0.4) is 0 Å². The number of carbonyl (C=O) groups excluding carboxylic acids is 2. The Bertz CT molecular complexity index is 1050. The van der Waals surface area contributed by atoms with Crippen LogP contribution in [0, 0.1) is 0 Å². The molecule has 0 bridgehead atoms. The summed E-state index contributed by atoms with van der Waals surface area (Å²) in [4.78, 5) is 35.7. The van der Waals surface area contributed by atoms with Gasteiger partial charge >= 0.3 is 5.97 Å². The van der Waals surface area contributed by atoms with Gasteiger partial charge in [0.05, 0.1) is 32.0 Å². The first-order chi connectivity index (χ1) is 21.5. The quantitative estimate of drug-likeness (QED) is 0.0913. The molecule has 0 aliphatic carbocycles. The fourth-order valence-corrected chi connectivity index (χ4v) is 5.46. The van der Waals surface area contributed by atoms with Crippen LogP contribution in [0.5, 0.6) is 0 Å². The number of hydrogen-bond acceptors (Lipinski definition) is 18. The number of aliphatic carboxylic acids is 1. The van der Waals surface area contributed by atoms with Gasteiger partial charge in [0.1, 0.15) is 67.1 Å². The van der Waals surface area contributed by atoms with E-state index < -0.39 is 142 Å². The molecule has 0 aromatic carbocycles. The molecule has 2 amide bonds. The molecule has 21 nitrogen and oxygen atoms in total. The van der Waals surface area contributed by atoms with E-state index in [2.05, 4.69) is 10.6 Å². The highest BCUT2D eigenvalue weighted by Crippen LogP contribution is 2.35. The van der Waals surface area contributed by atoms with Gasteiger partial charge in [0.2, 0.25) is 11.8 Å². The van der Waals surface area contributed by atoms with Crippen LogP contribution in [0.25, 0.3) is 0 Å². The molecule has 0 saturated carbocycles. The second-order valence-corrected chi connectivity index (χ2v) is 11.3. The number of aliphatic hydroxyl groups excluding tert-OH is 10. The number of aliphatic hydroxyl groups is 10. The number of carboxylic acid groups (broad SMARTS) is 1. The smallest absolute Gasteiger partial charge is 0.364 e. The molecule has 21 heteroatoms. The highest BCUT2D eigenvalue weighted by Gasteiger charge is 2.57. The van der Waals surface area contributed by atoms with Crippen LogP contribution in [0.2, 0.25) is 0 Å². The minimum absolute atomic E-state index is 0.677.